The summed E-state index contributed by atoms with van der Waals surface area (Å²) in [6.45, 7) is 0.480. The van der Waals surface area contributed by atoms with Gasteiger partial charge in [-0.15, -0.1) is 0 Å². The zero-order valence-electron chi connectivity index (χ0n) is 18.1. The molecule has 0 spiro atoms. The van der Waals surface area contributed by atoms with E-state index in [1.54, 1.807) is 18.0 Å². The van der Waals surface area contributed by atoms with E-state index in [4.69, 9.17) is 4.74 Å². The maximum absolute atomic E-state index is 13.7. The second-order valence-corrected chi connectivity index (χ2v) is 8.31. The summed E-state index contributed by atoms with van der Waals surface area (Å²) < 4.78 is 10.1. The van der Waals surface area contributed by atoms with Gasteiger partial charge in [-0.05, 0) is 42.7 Å². The Morgan fingerprint density at radius 2 is 1.69 bits per heavy atom. The van der Waals surface area contributed by atoms with E-state index in [-0.39, 0.29) is 17.3 Å². The molecule has 1 fully saturated rings. The van der Waals surface area contributed by atoms with Gasteiger partial charge in [-0.25, -0.2) is 14.3 Å². The van der Waals surface area contributed by atoms with Crippen molar-refractivity contribution >= 4 is 11.2 Å². The number of para-hydroxylation sites is 1. The first-order valence-electron chi connectivity index (χ1n) is 11.1. The fourth-order valence-corrected chi connectivity index (χ4v) is 4.67. The summed E-state index contributed by atoms with van der Waals surface area (Å²) in [7, 11) is 1.63. The van der Waals surface area contributed by atoms with Crippen molar-refractivity contribution in [2.45, 2.75) is 44.7 Å². The van der Waals surface area contributed by atoms with E-state index in [0.717, 1.165) is 43.4 Å². The summed E-state index contributed by atoms with van der Waals surface area (Å²) in [5.74, 6) is 0.779. The van der Waals surface area contributed by atoms with E-state index in [9.17, 15) is 9.59 Å². The predicted octanol–water partition coefficient (Wildman–Crippen LogP) is 3.91. The van der Waals surface area contributed by atoms with Crippen molar-refractivity contribution in [1.82, 2.24) is 18.7 Å². The summed E-state index contributed by atoms with van der Waals surface area (Å²) in [5, 5.41) is 0. The van der Waals surface area contributed by atoms with Crippen molar-refractivity contribution in [3.05, 3.63) is 87.3 Å². The molecule has 1 aliphatic rings. The summed E-state index contributed by atoms with van der Waals surface area (Å²) in [4.78, 5) is 31.8. The number of hydrogen-bond acceptors (Lipinski definition) is 4. The first-order chi connectivity index (χ1) is 15.7. The van der Waals surface area contributed by atoms with Crippen molar-refractivity contribution in [3.8, 4) is 11.4 Å². The third-order valence-corrected chi connectivity index (χ3v) is 6.32. The van der Waals surface area contributed by atoms with Crippen LogP contribution in [0.5, 0.6) is 5.75 Å². The van der Waals surface area contributed by atoms with Crippen molar-refractivity contribution in [3.63, 3.8) is 0 Å². The van der Waals surface area contributed by atoms with Gasteiger partial charge in [0.25, 0.3) is 5.56 Å². The molecule has 4 aromatic rings. The number of ether oxygens (including phenoxy) is 1. The van der Waals surface area contributed by atoms with E-state index in [2.05, 4.69) is 4.98 Å². The summed E-state index contributed by atoms with van der Waals surface area (Å²) in [6, 6.07) is 17.1. The fourth-order valence-electron chi connectivity index (χ4n) is 4.67. The van der Waals surface area contributed by atoms with Crippen LogP contribution in [0.2, 0.25) is 0 Å². The molecule has 0 unspecified atom stereocenters. The Kier molecular flexibility index (Phi) is 5.39. The highest BCUT2D eigenvalue weighted by Gasteiger charge is 2.25. The lowest BCUT2D eigenvalue weighted by Gasteiger charge is -2.24. The molecule has 0 atom stereocenters. The first-order valence-corrected chi connectivity index (χ1v) is 11.1. The van der Waals surface area contributed by atoms with Crippen molar-refractivity contribution < 1.29 is 4.74 Å². The molecule has 32 heavy (non-hydrogen) atoms. The van der Waals surface area contributed by atoms with Gasteiger partial charge in [0, 0.05) is 12.6 Å². The number of aromatic nitrogens is 4. The zero-order valence-corrected chi connectivity index (χ0v) is 18.1. The van der Waals surface area contributed by atoms with Gasteiger partial charge in [-0.1, -0.05) is 49.6 Å². The van der Waals surface area contributed by atoms with Crippen LogP contribution in [-0.2, 0) is 6.54 Å². The quantitative estimate of drug-likeness (QED) is 0.481. The molecule has 2 aromatic heterocycles. The van der Waals surface area contributed by atoms with Gasteiger partial charge in [-0.2, -0.15) is 0 Å². The Morgan fingerprint density at radius 1 is 0.969 bits per heavy atom. The molecule has 0 saturated heterocycles. The number of hydrogen-bond donors (Lipinski definition) is 0. The summed E-state index contributed by atoms with van der Waals surface area (Å²) in [6.07, 6.45) is 6.57. The monoisotopic (exact) mass is 430 g/mol. The Morgan fingerprint density at radius 3 is 2.38 bits per heavy atom. The van der Waals surface area contributed by atoms with Gasteiger partial charge >= 0.3 is 5.69 Å². The zero-order chi connectivity index (χ0) is 22.1. The van der Waals surface area contributed by atoms with Crippen LogP contribution in [0.4, 0.5) is 0 Å². The number of rotatable bonds is 5. The minimum Gasteiger partial charge on any atom is -0.497 e. The van der Waals surface area contributed by atoms with E-state index in [1.807, 2.05) is 59.2 Å². The van der Waals surface area contributed by atoms with Crippen LogP contribution < -0.4 is 16.0 Å². The van der Waals surface area contributed by atoms with Crippen LogP contribution in [0.3, 0.4) is 0 Å². The lowest BCUT2D eigenvalue weighted by atomic mass is 9.95. The van der Waals surface area contributed by atoms with Crippen molar-refractivity contribution in [1.29, 1.82) is 0 Å². The van der Waals surface area contributed by atoms with Gasteiger partial charge < -0.3 is 9.30 Å². The van der Waals surface area contributed by atoms with Crippen LogP contribution in [0.15, 0.2) is 70.5 Å². The average Bonchev–Trinajstić information content (AvgIpc) is 3.24. The maximum Gasteiger partial charge on any atom is 0.337 e. The number of nitrogens with zero attached hydrogens (tertiary/aromatic N) is 4. The molecule has 1 aliphatic carbocycles. The molecule has 7 nitrogen and oxygen atoms in total. The van der Waals surface area contributed by atoms with Crippen LogP contribution in [0, 0.1) is 0 Å². The van der Waals surface area contributed by atoms with Gasteiger partial charge in [0.1, 0.15) is 5.75 Å². The molecule has 0 bridgehead atoms. The number of methoxy groups -OCH3 is 1. The Labute approximate surface area is 185 Å². The second-order valence-electron chi connectivity index (χ2n) is 8.31. The number of benzene rings is 2. The number of imidazole rings is 1. The number of fused-ring (bicyclic) bond motifs is 1. The van der Waals surface area contributed by atoms with Crippen LogP contribution in [-0.4, -0.2) is 25.8 Å². The third kappa shape index (κ3) is 3.53. The lowest BCUT2D eigenvalue weighted by Crippen LogP contribution is -2.43. The first kappa shape index (κ1) is 20.3. The van der Waals surface area contributed by atoms with Gasteiger partial charge in [0.05, 0.1) is 19.1 Å². The summed E-state index contributed by atoms with van der Waals surface area (Å²) >= 11 is 0. The molecule has 0 aliphatic heterocycles. The standard InChI is InChI=1S/C25H26N4O3/c1-32-21-14-12-18(13-15-21)16-27-17-26-23-22(27)24(30)29(20-10-6-3-7-11-20)25(31)28(23)19-8-4-2-5-9-19/h2,4-5,8-9,12-15,17,20H,3,6-7,10-11,16H2,1H3. The van der Waals surface area contributed by atoms with Crippen molar-refractivity contribution in [2.75, 3.05) is 7.11 Å². The minimum atomic E-state index is -0.310. The highest BCUT2D eigenvalue weighted by atomic mass is 16.5. The predicted molar refractivity (Wildman–Crippen MR) is 124 cm³/mol. The van der Waals surface area contributed by atoms with Gasteiger partial charge in [0.15, 0.2) is 11.2 Å². The fraction of sp³-hybridized carbons (Fsp3) is 0.320. The molecule has 164 valence electrons. The van der Waals surface area contributed by atoms with Crippen LogP contribution in [0.25, 0.3) is 16.9 Å². The minimum absolute atomic E-state index is 0.0764. The third-order valence-electron chi connectivity index (χ3n) is 6.32. The molecular weight excluding hydrogens is 404 g/mol. The highest BCUT2D eigenvalue weighted by Crippen LogP contribution is 2.27. The van der Waals surface area contributed by atoms with Gasteiger partial charge in [-0.3, -0.25) is 9.36 Å². The van der Waals surface area contributed by atoms with E-state index < -0.39 is 0 Å². The van der Waals surface area contributed by atoms with Crippen LogP contribution in [0.1, 0.15) is 43.7 Å². The average molecular weight is 431 g/mol. The largest absolute Gasteiger partial charge is 0.497 e. The molecule has 2 aromatic carbocycles. The van der Waals surface area contributed by atoms with E-state index >= 15 is 0 Å². The lowest BCUT2D eigenvalue weighted by molar-refractivity contribution is 0.335. The smallest absolute Gasteiger partial charge is 0.337 e. The molecule has 0 amide bonds. The Hall–Kier alpha value is -3.61. The molecule has 5 rings (SSSR count). The topological polar surface area (TPSA) is 71.1 Å². The SMILES string of the molecule is COc1ccc(Cn2cnc3c2c(=O)n(C2CCCCC2)c(=O)n3-c2ccccc2)cc1. The molecule has 1 saturated carbocycles. The molecule has 0 radical (unpaired) electrons. The molecular formula is C25H26N4O3. The second kappa shape index (κ2) is 8.49. The van der Waals surface area contributed by atoms with E-state index in [1.165, 1.54) is 4.57 Å². The molecule has 0 N–H and O–H groups in total. The molecule has 2 heterocycles. The van der Waals surface area contributed by atoms with Crippen LogP contribution >= 0.6 is 0 Å². The Balaban J connectivity index is 1.72. The molecule has 7 heteroatoms. The van der Waals surface area contributed by atoms with Gasteiger partial charge in [0.2, 0.25) is 0 Å². The van der Waals surface area contributed by atoms with Crippen molar-refractivity contribution in [2.24, 2.45) is 0 Å². The normalized spacial score (nSPS) is 14.7. The summed E-state index contributed by atoms with van der Waals surface area (Å²) in [5.41, 5.74) is 2.01. The highest BCUT2D eigenvalue weighted by molar-refractivity contribution is 5.72. The Bertz CT molecular complexity index is 1340. The maximum atomic E-state index is 13.7. The van der Waals surface area contributed by atoms with E-state index in [0.29, 0.717) is 23.4 Å².